The highest BCUT2D eigenvalue weighted by molar-refractivity contribution is 6.61. The minimum atomic E-state index is -0.938. The van der Waals surface area contributed by atoms with E-state index in [-0.39, 0.29) is 18.1 Å². The molecule has 13 heavy (non-hydrogen) atoms. The monoisotopic (exact) mass is 202 g/mol. The van der Waals surface area contributed by atoms with Gasteiger partial charge in [0.15, 0.2) is 0 Å². The first kappa shape index (κ1) is 9.67. The molecule has 1 aromatic rings. The molecule has 0 aromatic heterocycles. The van der Waals surface area contributed by atoms with E-state index in [0.29, 0.717) is 5.56 Å². The van der Waals surface area contributed by atoms with E-state index in [9.17, 15) is 9.90 Å². The molecule has 0 saturated carbocycles. The van der Waals surface area contributed by atoms with Crippen LogP contribution in [0.25, 0.3) is 0 Å². The molecule has 0 radical (unpaired) electrons. The summed E-state index contributed by atoms with van der Waals surface area (Å²) in [7, 11) is 0. The van der Waals surface area contributed by atoms with Crippen molar-refractivity contribution in [1.82, 2.24) is 0 Å². The summed E-state index contributed by atoms with van der Waals surface area (Å²) >= 11 is 4.92. The zero-order valence-electron chi connectivity index (χ0n) is 6.53. The Hall–Kier alpha value is -1.42. The fourth-order valence-electron chi connectivity index (χ4n) is 0.809. The van der Waals surface area contributed by atoms with Gasteiger partial charge >= 0.3 is 5.43 Å². The van der Waals surface area contributed by atoms with Crippen LogP contribution in [0, 0.1) is 0 Å². The van der Waals surface area contributed by atoms with Gasteiger partial charge in [0.25, 0.3) is 0 Å². The highest BCUT2D eigenvalue weighted by Crippen LogP contribution is 2.23. The van der Waals surface area contributed by atoms with Crippen molar-refractivity contribution in [2.45, 2.75) is 6.61 Å². The Morgan fingerprint density at radius 1 is 1.46 bits per heavy atom. The zero-order chi connectivity index (χ0) is 9.84. The predicted molar refractivity (Wildman–Crippen MR) is 45.8 cm³/mol. The largest absolute Gasteiger partial charge is 0.508 e. The number of halogens is 1. The molecule has 0 aliphatic rings. The molecule has 0 amide bonds. The Bertz CT molecular complexity index is 324. The summed E-state index contributed by atoms with van der Waals surface area (Å²) < 4.78 is 4.43. The second-order valence-corrected chi connectivity index (χ2v) is 2.65. The highest BCUT2D eigenvalue weighted by atomic mass is 35.5. The van der Waals surface area contributed by atoms with Gasteiger partial charge in [-0.2, -0.15) is 0 Å². The molecule has 4 nitrogen and oxygen atoms in total. The van der Waals surface area contributed by atoms with E-state index < -0.39 is 5.43 Å². The van der Waals surface area contributed by atoms with Crippen molar-refractivity contribution in [2.24, 2.45) is 0 Å². The van der Waals surface area contributed by atoms with Crippen LogP contribution in [0.1, 0.15) is 5.56 Å². The summed E-state index contributed by atoms with van der Waals surface area (Å²) in [6, 6.07) is 3.96. The number of carbonyl (C=O) groups is 1. The van der Waals surface area contributed by atoms with Crippen LogP contribution in [0.4, 0.5) is 4.79 Å². The van der Waals surface area contributed by atoms with E-state index in [2.05, 4.69) is 4.74 Å². The quantitative estimate of drug-likeness (QED) is 0.720. The Morgan fingerprint density at radius 2 is 2.15 bits per heavy atom. The first-order valence-electron chi connectivity index (χ1n) is 3.42. The predicted octanol–water partition coefficient (Wildman–Crippen LogP) is 1.97. The number of rotatable bonds is 2. The lowest BCUT2D eigenvalue weighted by Gasteiger charge is -2.03. The lowest BCUT2D eigenvalue weighted by atomic mass is 10.2. The molecule has 1 rings (SSSR count). The van der Waals surface area contributed by atoms with Gasteiger partial charge in [-0.15, -0.1) is 0 Å². The molecule has 70 valence electrons. The van der Waals surface area contributed by atoms with E-state index >= 15 is 0 Å². The lowest BCUT2D eigenvalue weighted by molar-refractivity contribution is 0.166. The third-order valence-corrected chi connectivity index (χ3v) is 1.52. The number of phenols is 2. The van der Waals surface area contributed by atoms with Gasteiger partial charge in [0.1, 0.15) is 18.1 Å². The zero-order valence-corrected chi connectivity index (χ0v) is 7.28. The first-order valence-corrected chi connectivity index (χ1v) is 3.80. The molecule has 0 fully saturated rings. The molecule has 0 unspecified atom stereocenters. The van der Waals surface area contributed by atoms with Gasteiger partial charge in [-0.25, -0.2) is 4.79 Å². The summed E-state index contributed by atoms with van der Waals surface area (Å²) in [5, 5.41) is 18.1. The van der Waals surface area contributed by atoms with Crippen LogP contribution >= 0.6 is 11.6 Å². The van der Waals surface area contributed by atoms with Crippen LogP contribution < -0.4 is 0 Å². The van der Waals surface area contributed by atoms with Crippen LogP contribution in [0.2, 0.25) is 0 Å². The average Bonchev–Trinajstić information content (AvgIpc) is 2.02. The van der Waals surface area contributed by atoms with Crippen molar-refractivity contribution in [3.05, 3.63) is 23.8 Å². The second-order valence-electron chi connectivity index (χ2n) is 2.34. The van der Waals surface area contributed by atoms with Crippen LogP contribution in [-0.2, 0) is 11.3 Å². The molecular weight excluding hydrogens is 196 g/mol. The second kappa shape index (κ2) is 4.00. The van der Waals surface area contributed by atoms with Crippen molar-refractivity contribution >= 4 is 17.0 Å². The van der Waals surface area contributed by atoms with Gasteiger partial charge in [-0.1, -0.05) is 0 Å². The smallest absolute Gasteiger partial charge is 0.404 e. The normalized spacial score (nSPS) is 9.62. The van der Waals surface area contributed by atoms with E-state index in [0.717, 1.165) is 6.07 Å². The van der Waals surface area contributed by atoms with Gasteiger partial charge in [0.2, 0.25) is 0 Å². The van der Waals surface area contributed by atoms with Crippen molar-refractivity contribution in [2.75, 3.05) is 0 Å². The number of benzene rings is 1. The third kappa shape index (κ3) is 2.83. The van der Waals surface area contributed by atoms with E-state index in [1.54, 1.807) is 0 Å². The number of aromatic hydroxyl groups is 2. The topological polar surface area (TPSA) is 66.8 Å². The summed E-state index contributed by atoms with van der Waals surface area (Å²) in [5.41, 5.74) is -0.556. The van der Waals surface area contributed by atoms with Gasteiger partial charge < -0.3 is 14.9 Å². The van der Waals surface area contributed by atoms with Crippen LogP contribution in [0.5, 0.6) is 11.5 Å². The molecule has 0 atom stereocenters. The molecule has 0 spiro atoms. The van der Waals surface area contributed by atoms with Gasteiger partial charge in [-0.05, 0) is 12.1 Å². The van der Waals surface area contributed by atoms with E-state index in [1.807, 2.05) is 0 Å². The Morgan fingerprint density at radius 3 is 2.69 bits per heavy atom. The summed E-state index contributed by atoms with van der Waals surface area (Å²) in [6.45, 7) is -0.117. The Kier molecular flexibility index (Phi) is 2.97. The summed E-state index contributed by atoms with van der Waals surface area (Å²) in [6.07, 6.45) is 0. The van der Waals surface area contributed by atoms with E-state index in [1.165, 1.54) is 12.1 Å². The standard InChI is InChI=1S/C8H7ClO4/c9-8(12)13-4-5-1-2-6(10)3-7(5)11/h1-3,10-11H,4H2. The van der Waals surface area contributed by atoms with Crippen molar-refractivity contribution in [1.29, 1.82) is 0 Å². The molecule has 1 aromatic carbocycles. The van der Waals surface area contributed by atoms with Crippen molar-refractivity contribution < 1.29 is 19.7 Å². The number of carbonyl (C=O) groups excluding carboxylic acids is 1. The molecule has 0 aliphatic carbocycles. The highest BCUT2D eigenvalue weighted by Gasteiger charge is 2.04. The summed E-state index contributed by atoms with van der Waals surface area (Å²) in [4.78, 5) is 10.2. The molecule has 0 heterocycles. The number of hydrogen-bond acceptors (Lipinski definition) is 4. The Balaban J connectivity index is 2.72. The SMILES string of the molecule is O=C(Cl)OCc1ccc(O)cc1O. The van der Waals surface area contributed by atoms with Gasteiger partial charge in [-0.3, -0.25) is 0 Å². The van der Waals surface area contributed by atoms with E-state index in [4.69, 9.17) is 16.7 Å². The minimum absolute atomic E-state index is 0.0570. The average molecular weight is 203 g/mol. The molecule has 5 heteroatoms. The fraction of sp³-hybridized carbons (Fsp3) is 0.125. The molecule has 2 N–H and O–H groups in total. The molecular formula is C8H7ClO4. The molecule has 0 saturated heterocycles. The maximum absolute atomic E-state index is 10.2. The van der Waals surface area contributed by atoms with Crippen LogP contribution in [0.15, 0.2) is 18.2 Å². The lowest BCUT2D eigenvalue weighted by Crippen LogP contribution is -1.94. The van der Waals surface area contributed by atoms with Gasteiger partial charge in [0, 0.05) is 23.2 Å². The molecule has 0 bridgehead atoms. The number of hydrogen-bond donors (Lipinski definition) is 2. The van der Waals surface area contributed by atoms with Crippen molar-refractivity contribution in [3.8, 4) is 11.5 Å². The minimum Gasteiger partial charge on any atom is -0.508 e. The number of phenolic OH excluding ortho intramolecular Hbond substituents is 2. The third-order valence-electron chi connectivity index (χ3n) is 1.41. The van der Waals surface area contributed by atoms with Crippen LogP contribution in [0.3, 0.4) is 0 Å². The fourth-order valence-corrected chi connectivity index (χ4v) is 0.863. The maximum atomic E-state index is 10.2. The summed E-state index contributed by atoms with van der Waals surface area (Å²) in [5.74, 6) is -0.198. The Labute approximate surface area is 79.3 Å². The van der Waals surface area contributed by atoms with Crippen LogP contribution in [-0.4, -0.2) is 15.6 Å². The number of ether oxygens (including phenoxy) is 1. The van der Waals surface area contributed by atoms with Gasteiger partial charge in [0.05, 0.1) is 0 Å². The maximum Gasteiger partial charge on any atom is 0.404 e. The molecule has 0 aliphatic heterocycles. The van der Waals surface area contributed by atoms with Crippen molar-refractivity contribution in [3.63, 3.8) is 0 Å². The first-order chi connectivity index (χ1) is 6.09.